The van der Waals surface area contributed by atoms with E-state index in [9.17, 15) is 9.18 Å². The van der Waals surface area contributed by atoms with Crippen LogP contribution in [0.4, 0.5) is 15.8 Å². The quantitative estimate of drug-likeness (QED) is 0.818. The van der Waals surface area contributed by atoms with Crippen LogP contribution in [-0.2, 0) is 0 Å². The number of rotatable bonds is 2. The fourth-order valence-electron chi connectivity index (χ4n) is 1.44. The largest absolute Gasteiger partial charge is 0.399 e. The Morgan fingerprint density at radius 2 is 1.83 bits per heavy atom. The van der Waals surface area contributed by atoms with Gasteiger partial charge in [0.25, 0.3) is 5.91 Å². The molecule has 0 spiro atoms. The van der Waals surface area contributed by atoms with Crippen molar-refractivity contribution in [3.63, 3.8) is 0 Å². The minimum absolute atomic E-state index is 0.0722. The van der Waals surface area contributed by atoms with Crippen LogP contribution < -0.4 is 11.1 Å². The van der Waals surface area contributed by atoms with Gasteiger partial charge in [0.1, 0.15) is 5.82 Å². The van der Waals surface area contributed by atoms with Gasteiger partial charge in [0.15, 0.2) is 0 Å². The normalized spacial score (nSPS) is 10.1. The number of halogens is 2. The minimum Gasteiger partial charge on any atom is -0.399 e. The molecule has 0 aliphatic heterocycles. The van der Waals surface area contributed by atoms with Crippen molar-refractivity contribution in [3.05, 3.63) is 58.9 Å². The van der Waals surface area contributed by atoms with Crippen molar-refractivity contribution in [1.29, 1.82) is 0 Å². The van der Waals surface area contributed by atoms with Crippen molar-refractivity contribution < 1.29 is 9.18 Å². The van der Waals surface area contributed by atoms with Crippen molar-refractivity contribution in [2.45, 2.75) is 0 Å². The number of nitrogen functional groups attached to an aromatic ring is 1. The van der Waals surface area contributed by atoms with Gasteiger partial charge in [-0.25, -0.2) is 4.39 Å². The highest BCUT2D eigenvalue weighted by Gasteiger charge is 2.11. The minimum atomic E-state index is -0.482. The lowest BCUT2D eigenvalue weighted by Crippen LogP contribution is -2.12. The second-order valence-corrected chi connectivity index (χ2v) is 4.11. The summed E-state index contributed by atoms with van der Waals surface area (Å²) in [6.07, 6.45) is 0. The van der Waals surface area contributed by atoms with Gasteiger partial charge in [0.2, 0.25) is 0 Å². The maximum absolute atomic E-state index is 12.9. The van der Waals surface area contributed by atoms with E-state index in [-0.39, 0.29) is 10.6 Å². The van der Waals surface area contributed by atoms with Gasteiger partial charge in [-0.1, -0.05) is 11.6 Å². The van der Waals surface area contributed by atoms with Crippen LogP contribution in [0.5, 0.6) is 0 Å². The summed E-state index contributed by atoms with van der Waals surface area (Å²) >= 11 is 5.80. The molecule has 18 heavy (non-hydrogen) atoms. The Morgan fingerprint density at radius 1 is 1.17 bits per heavy atom. The molecule has 2 aromatic carbocycles. The Hall–Kier alpha value is -2.07. The van der Waals surface area contributed by atoms with Gasteiger partial charge in [-0.05, 0) is 42.5 Å². The molecule has 0 atom stereocenters. The van der Waals surface area contributed by atoms with Crippen molar-refractivity contribution in [1.82, 2.24) is 0 Å². The molecule has 3 nitrogen and oxygen atoms in total. The molecule has 0 bridgehead atoms. The highest BCUT2D eigenvalue weighted by Crippen LogP contribution is 2.19. The molecule has 5 heteroatoms. The lowest BCUT2D eigenvalue weighted by molar-refractivity contribution is 0.102. The summed E-state index contributed by atoms with van der Waals surface area (Å²) < 4.78 is 12.9. The molecule has 0 aliphatic rings. The summed E-state index contributed by atoms with van der Waals surface area (Å²) in [5.41, 5.74) is 6.95. The van der Waals surface area contributed by atoms with E-state index in [2.05, 4.69) is 5.32 Å². The third-order valence-corrected chi connectivity index (χ3v) is 2.66. The molecule has 0 saturated heterocycles. The molecule has 0 unspecified atom stereocenters. The molecular formula is C13H10ClFN2O. The van der Waals surface area contributed by atoms with Gasteiger partial charge >= 0.3 is 0 Å². The summed E-state index contributed by atoms with van der Waals surface area (Å²) in [6, 6.07) is 10.3. The number of hydrogen-bond donors (Lipinski definition) is 2. The second kappa shape index (κ2) is 5.06. The van der Waals surface area contributed by atoms with Crippen LogP contribution in [0.3, 0.4) is 0 Å². The van der Waals surface area contributed by atoms with Crippen LogP contribution in [-0.4, -0.2) is 5.91 Å². The molecule has 1 amide bonds. The Labute approximate surface area is 108 Å². The smallest absolute Gasteiger partial charge is 0.257 e. The van der Waals surface area contributed by atoms with E-state index in [4.69, 9.17) is 17.3 Å². The van der Waals surface area contributed by atoms with E-state index in [0.717, 1.165) is 6.07 Å². The van der Waals surface area contributed by atoms with Crippen LogP contribution in [0.25, 0.3) is 0 Å². The number of nitrogens with one attached hydrogen (secondary N) is 1. The first-order chi connectivity index (χ1) is 8.56. The lowest BCUT2D eigenvalue weighted by atomic mass is 10.2. The first-order valence-electron chi connectivity index (χ1n) is 5.18. The maximum atomic E-state index is 12.9. The zero-order valence-corrected chi connectivity index (χ0v) is 10.0. The zero-order chi connectivity index (χ0) is 13.1. The molecular weight excluding hydrogens is 255 g/mol. The van der Waals surface area contributed by atoms with E-state index in [1.54, 1.807) is 24.3 Å². The van der Waals surface area contributed by atoms with Crippen molar-refractivity contribution >= 4 is 28.9 Å². The predicted octanol–water partition coefficient (Wildman–Crippen LogP) is 3.31. The summed E-state index contributed by atoms with van der Waals surface area (Å²) in [6.45, 7) is 0. The van der Waals surface area contributed by atoms with E-state index in [1.807, 2.05) is 0 Å². The molecule has 2 rings (SSSR count). The van der Waals surface area contributed by atoms with E-state index >= 15 is 0 Å². The highest BCUT2D eigenvalue weighted by atomic mass is 35.5. The number of carbonyl (C=O) groups is 1. The third kappa shape index (κ3) is 2.78. The Kier molecular flexibility index (Phi) is 3.48. The van der Waals surface area contributed by atoms with Crippen LogP contribution in [0.1, 0.15) is 10.4 Å². The number of amides is 1. The summed E-state index contributed by atoms with van der Waals surface area (Å²) in [7, 11) is 0. The summed E-state index contributed by atoms with van der Waals surface area (Å²) in [4.78, 5) is 11.9. The number of carbonyl (C=O) groups excluding carboxylic acids is 1. The third-order valence-electron chi connectivity index (χ3n) is 2.34. The average Bonchev–Trinajstić information content (AvgIpc) is 2.32. The Balaban J connectivity index is 2.19. The van der Waals surface area contributed by atoms with Gasteiger partial charge < -0.3 is 11.1 Å². The molecule has 0 heterocycles. The van der Waals surface area contributed by atoms with Gasteiger partial charge in [-0.2, -0.15) is 0 Å². The monoisotopic (exact) mass is 264 g/mol. The lowest BCUT2D eigenvalue weighted by Gasteiger charge is -2.07. The number of hydrogen-bond acceptors (Lipinski definition) is 2. The molecule has 92 valence electrons. The zero-order valence-electron chi connectivity index (χ0n) is 9.28. The highest BCUT2D eigenvalue weighted by molar-refractivity contribution is 6.34. The van der Waals surface area contributed by atoms with Crippen molar-refractivity contribution in [2.75, 3.05) is 11.1 Å². The van der Waals surface area contributed by atoms with Gasteiger partial charge in [0, 0.05) is 11.4 Å². The van der Waals surface area contributed by atoms with Gasteiger partial charge in [-0.15, -0.1) is 0 Å². The first-order valence-corrected chi connectivity index (χ1v) is 5.56. The van der Waals surface area contributed by atoms with E-state index in [0.29, 0.717) is 11.4 Å². The predicted molar refractivity (Wildman–Crippen MR) is 70.2 cm³/mol. The molecule has 0 aromatic heterocycles. The molecule has 0 radical (unpaired) electrons. The standard InChI is InChI=1S/C13H10ClFN2O/c14-12-7-8(15)1-6-11(12)13(18)17-10-4-2-9(16)3-5-10/h1-7H,16H2,(H,17,18). The van der Waals surface area contributed by atoms with Crippen LogP contribution in [0.2, 0.25) is 5.02 Å². The van der Waals surface area contributed by atoms with E-state index < -0.39 is 11.7 Å². The molecule has 2 aromatic rings. The van der Waals surface area contributed by atoms with Crippen LogP contribution >= 0.6 is 11.6 Å². The number of anilines is 2. The van der Waals surface area contributed by atoms with Crippen LogP contribution in [0.15, 0.2) is 42.5 Å². The number of nitrogens with two attached hydrogens (primary N) is 1. The van der Waals surface area contributed by atoms with Crippen molar-refractivity contribution in [3.8, 4) is 0 Å². The molecule has 3 N–H and O–H groups in total. The topological polar surface area (TPSA) is 55.1 Å². The maximum Gasteiger partial charge on any atom is 0.257 e. The summed E-state index contributed by atoms with van der Waals surface area (Å²) in [5.74, 6) is -0.881. The van der Waals surface area contributed by atoms with Crippen molar-refractivity contribution in [2.24, 2.45) is 0 Å². The fraction of sp³-hybridized carbons (Fsp3) is 0. The SMILES string of the molecule is Nc1ccc(NC(=O)c2ccc(F)cc2Cl)cc1. The fourth-order valence-corrected chi connectivity index (χ4v) is 1.69. The van der Waals surface area contributed by atoms with Gasteiger partial charge in [0.05, 0.1) is 10.6 Å². The molecule has 0 fully saturated rings. The van der Waals surface area contributed by atoms with E-state index in [1.165, 1.54) is 12.1 Å². The molecule has 0 aliphatic carbocycles. The molecule has 0 saturated carbocycles. The summed E-state index contributed by atoms with van der Waals surface area (Å²) in [5, 5.41) is 2.72. The Morgan fingerprint density at radius 3 is 2.44 bits per heavy atom. The first kappa shape index (κ1) is 12.4. The number of benzene rings is 2. The average molecular weight is 265 g/mol. The van der Waals surface area contributed by atoms with Crippen LogP contribution in [0, 0.1) is 5.82 Å². The Bertz CT molecular complexity index is 584. The second-order valence-electron chi connectivity index (χ2n) is 3.70. The van der Waals surface area contributed by atoms with Gasteiger partial charge in [-0.3, -0.25) is 4.79 Å².